The SMILES string of the molecule is CCOc1ccc([C@H]2C(C(=O)Nc3ccccc3)=C(C)N=c3s/c(=C\c4cc(I)c(OC)c(OC)c4)c(=O)n32)cc1. The molecule has 10 heteroatoms. The molecule has 210 valence electrons. The number of para-hydroxylation sites is 1. The zero-order valence-electron chi connectivity index (χ0n) is 22.9. The Morgan fingerprint density at radius 3 is 2.49 bits per heavy atom. The molecule has 1 atom stereocenters. The maximum absolute atomic E-state index is 14.0. The van der Waals surface area contributed by atoms with E-state index in [0.717, 1.165) is 14.7 Å². The number of ether oxygens (including phenoxy) is 3. The lowest BCUT2D eigenvalue weighted by Crippen LogP contribution is -2.40. The van der Waals surface area contributed by atoms with Crippen LogP contribution in [0.4, 0.5) is 5.69 Å². The Morgan fingerprint density at radius 2 is 1.83 bits per heavy atom. The summed E-state index contributed by atoms with van der Waals surface area (Å²) in [6.07, 6.45) is 1.81. The van der Waals surface area contributed by atoms with Gasteiger partial charge in [0.25, 0.3) is 11.5 Å². The Bertz CT molecular complexity index is 1810. The predicted octanol–water partition coefficient (Wildman–Crippen LogP) is 4.89. The lowest BCUT2D eigenvalue weighted by molar-refractivity contribution is -0.113. The number of benzene rings is 3. The summed E-state index contributed by atoms with van der Waals surface area (Å²) in [5.41, 5.74) is 2.92. The average Bonchev–Trinajstić information content (AvgIpc) is 3.26. The maximum atomic E-state index is 14.0. The first-order valence-electron chi connectivity index (χ1n) is 12.9. The molecule has 3 aromatic carbocycles. The summed E-state index contributed by atoms with van der Waals surface area (Å²) in [6.45, 7) is 4.26. The van der Waals surface area contributed by atoms with E-state index in [9.17, 15) is 9.59 Å². The highest BCUT2D eigenvalue weighted by Gasteiger charge is 2.32. The van der Waals surface area contributed by atoms with Crippen molar-refractivity contribution in [2.45, 2.75) is 19.9 Å². The van der Waals surface area contributed by atoms with Gasteiger partial charge >= 0.3 is 0 Å². The molecule has 2 heterocycles. The Morgan fingerprint density at radius 1 is 1.10 bits per heavy atom. The van der Waals surface area contributed by atoms with Gasteiger partial charge in [0.05, 0.1) is 46.2 Å². The number of halogens is 1. The van der Waals surface area contributed by atoms with Crippen LogP contribution in [0.3, 0.4) is 0 Å². The summed E-state index contributed by atoms with van der Waals surface area (Å²) >= 11 is 3.46. The summed E-state index contributed by atoms with van der Waals surface area (Å²) in [5.74, 6) is 1.59. The molecule has 0 aliphatic carbocycles. The Balaban J connectivity index is 1.66. The van der Waals surface area contributed by atoms with Crippen molar-refractivity contribution in [3.8, 4) is 17.2 Å². The topological polar surface area (TPSA) is 91.2 Å². The number of carbonyl (C=O) groups is 1. The number of fused-ring (bicyclic) bond motifs is 1. The molecule has 5 rings (SSSR count). The second-order valence-corrected chi connectivity index (χ2v) is 11.3. The standard InChI is InChI=1S/C31H28IN3O5S/c1-5-40-22-13-11-20(12-14-22)27-26(29(36)34-21-9-7-6-8-10-21)18(2)33-31-35(27)30(37)25(41-31)17-19-15-23(32)28(39-4)24(16-19)38-3/h6-17,27H,5H2,1-4H3,(H,34,36)/b25-17-/t27-/m0/s1. The third kappa shape index (κ3) is 5.80. The molecule has 0 unspecified atom stereocenters. The number of thiazole rings is 1. The van der Waals surface area contributed by atoms with Crippen molar-refractivity contribution in [3.63, 3.8) is 0 Å². The van der Waals surface area contributed by atoms with Gasteiger partial charge in [-0.2, -0.15) is 0 Å². The Labute approximate surface area is 254 Å². The molecular formula is C31H28IN3O5S. The van der Waals surface area contributed by atoms with Crippen LogP contribution in [0.25, 0.3) is 6.08 Å². The van der Waals surface area contributed by atoms with E-state index in [1.165, 1.54) is 11.3 Å². The highest BCUT2D eigenvalue weighted by atomic mass is 127. The molecule has 0 saturated heterocycles. The monoisotopic (exact) mass is 681 g/mol. The number of hydrogen-bond donors (Lipinski definition) is 1. The number of amides is 1. The van der Waals surface area contributed by atoms with Crippen molar-refractivity contribution in [2.75, 3.05) is 26.1 Å². The van der Waals surface area contributed by atoms with Crippen LogP contribution in [-0.2, 0) is 4.79 Å². The van der Waals surface area contributed by atoms with Gasteiger partial charge in [0.1, 0.15) is 5.75 Å². The largest absolute Gasteiger partial charge is 0.494 e. The minimum Gasteiger partial charge on any atom is -0.494 e. The van der Waals surface area contributed by atoms with Crippen LogP contribution in [0.1, 0.15) is 31.0 Å². The van der Waals surface area contributed by atoms with E-state index < -0.39 is 6.04 Å². The molecule has 0 radical (unpaired) electrons. The number of nitrogens with one attached hydrogen (secondary N) is 1. The van der Waals surface area contributed by atoms with Gasteiger partial charge in [-0.1, -0.05) is 41.7 Å². The fourth-order valence-corrected chi connectivity index (χ4v) is 6.62. The first kappa shape index (κ1) is 28.6. The molecule has 0 saturated carbocycles. The van der Waals surface area contributed by atoms with Crippen LogP contribution in [0.5, 0.6) is 17.2 Å². The molecule has 8 nitrogen and oxygen atoms in total. The van der Waals surface area contributed by atoms with E-state index >= 15 is 0 Å². The van der Waals surface area contributed by atoms with Crippen LogP contribution in [0, 0.1) is 3.57 Å². The number of hydrogen-bond acceptors (Lipinski definition) is 7. The van der Waals surface area contributed by atoms with Gasteiger partial charge in [0.2, 0.25) is 0 Å². The minimum atomic E-state index is -0.682. The van der Waals surface area contributed by atoms with Crippen molar-refractivity contribution in [1.29, 1.82) is 0 Å². The molecule has 0 spiro atoms. The quantitative estimate of drug-likeness (QED) is 0.268. The van der Waals surface area contributed by atoms with Crippen LogP contribution in [-0.4, -0.2) is 31.3 Å². The minimum absolute atomic E-state index is 0.241. The summed E-state index contributed by atoms with van der Waals surface area (Å²) in [4.78, 5) is 33.0. The Kier molecular flexibility index (Phi) is 8.60. The summed E-state index contributed by atoms with van der Waals surface area (Å²) in [6, 6.07) is 19.8. The molecule has 1 aliphatic rings. The van der Waals surface area contributed by atoms with E-state index in [0.29, 0.717) is 50.1 Å². The lowest BCUT2D eigenvalue weighted by Gasteiger charge is -2.25. The van der Waals surface area contributed by atoms with E-state index in [-0.39, 0.29) is 11.5 Å². The number of aromatic nitrogens is 1. The van der Waals surface area contributed by atoms with Gasteiger partial charge in [-0.15, -0.1) is 0 Å². The van der Waals surface area contributed by atoms with Crippen LogP contribution in [0.2, 0.25) is 0 Å². The fraction of sp³-hybridized carbons (Fsp3) is 0.194. The molecule has 41 heavy (non-hydrogen) atoms. The molecule has 1 aromatic heterocycles. The summed E-state index contributed by atoms with van der Waals surface area (Å²) in [5, 5.41) is 2.97. The molecule has 1 N–H and O–H groups in total. The summed E-state index contributed by atoms with van der Waals surface area (Å²) in [7, 11) is 3.17. The van der Waals surface area contributed by atoms with Crippen LogP contribution < -0.4 is 34.4 Å². The van der Waals surface area contributed by atoms with E-state index in [1.54, 1.807) is 25.7 Å². The highest BCUT2D eigenvalue weighted by Crippen LogP contribution is 2.34. The molecule has 4 aromatic rings. The number of anilines is 1. The molecule has 0 bridgehead atoms. The van der Waals surface area contributed by atoms with Gasteiger partial charge in [0.15, 0.2) is 16.3 Å². The average molecular weight is 682 g/mol. The number of carbonyl (C=O) groups excluding carboxylic acids is 1. The van der Waals surface area contributed by atoms with Crippen LogP contribution >= 0.6 is 33.9 Å². The maximum Gasteiger partial charge on any atom is 0.271 e. The van der Waals surface area contributed by atoms with E-state index in [4.69, 9.17) is 19.2 Å². The second kappa shape index (κ2) is 12.3. The lowest BCUT2D eigenvalue weighted by atomic mass is 9.95. The second-order valence-electron chi connectivity index (χ2n) is 9.14. The van der Waals surface area contributed by atoms with Crippen molar-refractivity contribution < 1.29 is 19.0 Å². The number of allylic oxidation sites excluding steroid dienone is 1. The molecular weight excluding hydrogens is 653 g/mol. The van der Waals surface area contributed by atoms with Gasteiger partial charge < -0.3 is 19.5 Å². The fourth-order valence-electron chi connectivity index (χ4n) is 4.73. The summed E-state index contributed by atoms with van der Waals surface area (Å²) < 4.78 is 19.5. The third-order valence-corrected chi connectivity index (χ3v) is 8.34. The Hall–Kier alpha value is -3.90. The van der Waals surface area contributed by atoms with Gasteiger partial charge in [-0.05, 0) is 90.0 Å². The van der Waals surface area contributed by atoms with Crippen LogP contribution in [0.15, 0.2) is 87.8 Å². The van der Waals surface area contributed by atoms with E-state index in [1.807, 2.05) is 79.7 Å². The zero-order valence-corrected chi connectivity index (χ0v) is 25.9. The van der Waals surface area contributed by atoms with Crippen molar-refractivity contribution in [2.24, 2.45) is 4.99 Å². The van der Waals surface area contributed by atoms with Gasteiger partial charge in [-0.3, -0.25) is 14.2 Å². The number of rotatable bonds is 8. The molecule has 0 fully saturated rings. The van der Waals surface area contributed by atoms with Crippen molar-refractivity contribution >= 4 is 51.6 Å². The van der Waals surface area contributed by atoms with Crippen molar-refractivity contribution in [1.82, 2.24) is 4.57 Å². The highest BCUT2D eigenvalue weighted by molar-refractivity contribution is 14.1. The zero-order chi connectivity index (χ0) is 29.1. The molecule has 1 aliphatic heterocycles. The predicted molar refractivity (Wildman–Crippen MR) is 169 cm³/mol. The first-order chi connectivity index (χ1) is 19.8. The van der Waals surface area contributed by atoms with Crippen molar-refractivity contribution in [3.05, 3.63) is 112 Å². The van der Waals surface area contributed by atoms with Gasteiger partial charge in [-0.25, -0.2) is 4.99 Å². The van der Waals surface area contributed by atoms with Gasteiger partial charge in [0, 0.05) is 5.69 Å². The van der Waals surface area contributed by atoms with E-state index in [2.05, 4.69) is 27.9 Å². The number of nitrogens with zero attached hydrogens (tertiary/aromatic N) is 2. The third-order valence-electron chi connectivity index (χ3n) is 6.56. The number of methoxy groups -OCH3 is 2. The normalized spacial score (nSPS) is 14.8. The first-order valence-corrected chi connectivity index (χ1v) is 14.8. The molecule has 1 amide bonds. The smallest absolute Gasteiger partial charge is 0.271 e.